The topological polar surface area (TPSA) is 58.2 Å². The molecule has 4 heteroatoms. The van der Waals surface area contributed by atoms with E-state index in [1.165, 1.54) is 103 Å². The molecule has 0 aliphatic heterocycles. The average Bonchev–Trinajstić information content (AvgIpc) is 3.04. The number of rotatable bonds is 34. The summed E-state index contributed by atoms with van der Waals surface area (Å²) in [5.74, 6) is 0.369. The summed E-state index contributed by atoms with van der Waals surface area (Å²) in [5, 5.41) is 6.22. The van der Waals surface area contributed by atoms with Crippen molar-refractivity contribution < 1.29 is 9.59 Å². The van der Waals surface area contributed by atoms with Crippen molar-refractivity contribution in [2.75, 3.05) is 6.54 Å². The number of hydrogen-bond acceptors (Lipinski definition) is 2. The van der Waals surface area contributed by atoms with Crippen molar-refractivity contribution in [1.29, 1.82) is 0 Å². The van der Waals surface area contributed by atoms with E-state index in [4.69, 9.17) is 0 Å². The number of nitrogens with one attached hydrogen (secondary N) is 2. The van der Waals surface area contributed by atoms with E-state index in [-0.39, 0.29) is 17.9 Å². The molecule has 0 saturated heterocycles. The molecule has 2 amide bonds. The molecule has 2 N–H and O–H groups in total. The van der Waals surface area contributed by atoms with Gasteiger partial charge in [-0.25, -0.2) is 0 Å². The zero-order valence-electron chi connectivity index (χ0n) is 30.8. The third-order valence-electron chi connectivity index (χ3n) is 8.50. The maximum atomic E-state index is 12.3. The normalized spacial score (nSPS) is 12.7. The van der Waals surface area contributed by atoms with E-state index in [0.29, 0.717) is 12.8 Å². The Morgan fingerprint density at radius 1 is 0.478 bits per heavy atom. The molecule has 0 aromatic rings. The minimum absolute atomic E-state index is 0.184. The van der Waals surface area contributed by atoms with Gasteiger partial charge in [-0.05, 0) is 103 Å². The van der Waals surface area contributed by atoms with E-state index in [0.717, 1.165) is 64.3 Å². The molecule has 1 atom stereocenters. The zero-order valence-corrected chi connectivity index (χ0v) is 30.8. The van der Waals surface area contributed by atoms with E-state index < -0.39 is 0 Å². The number of carbonyl (C=O) groups is 2. The second-order valence-corrected chi connectivity index (χ2v) is 13.3. The Bertz CT molecular complexity index is 783. The summed E-state index contributed by atoms with van der Waals surface area (Å²) in [6, 6.07) is 0.203. The Hall–Kier alpha value is -2.10. The Labute approximate surface area is 286 Å². The van der Waals surface area contributed by atoms with E-state index in [2.05, 4.69) is 80.0 Å². The van der Waals surface area contributed by atoms with Crippen LogP contribution in [0.25, 0.3) is 0 Å². The molecule has 0 aromatic heterocycles. The standard InChI is InChI=1S/C42H76N2O2/c1-4-6-8-10-12-14-16-18-20-22-24-26-28-30-32-37-41(45)43-39-35-34-36-40(3)44-42(46)38-33-31-29-27-25-23-21-19-17-15-13-11-9-7-5-2/h12-15,18-21,40H,4-11,16-17,22-39H2,1-3H3,(H,43,45)(H,44,46)/b14-12-,15-13-,20-18-,21-19-/t40-/m1/s1. The van der Waals surface area contributed by atoms with Gasteiger partial charge in [0.15, 0.2) is 0 Å². The van der Waals surface area contributed by atoms with Crippen molar-refractivity contribution in [2.45, 2.75) is 200 Å². The summed E-state index contributed by atoms with van der Waals surface area (Å²) in [7, 11) is 0. The van der Waals surface area contributed by atoms with Crippen LogP contribution in [-0.4, -0.2) is 24.4 Å². The van der Waals surface area contributed by atoms with Gasteiger partial charge in [0, 0.05) is 25.4 Å². The van der Waals surface area contributed by atoms with Crippen LogP contribution in [0.3, 0.4) is 0 Å². The summed E-state index contributed by atoms with van der Waals surface area (Å²) in [6.07, 6.45) is 49.2. The summed E-state index contributed by atoms with van der Waals surface area (Å²) >= 11 is 0. The van der Waals surface area contributed by atoms with Gasteiger partial charge in [-0.1, -0.05) is 127 Å². The zero-order chi connectivity index (χ0) is 33.6. The smallest absolute Gasteiger partial charge is 0.220 e. The summed E-state index contributed by atoms with van der Waals surface area (Å²) in [6.45, 7) is 7.33. The molecule has 266 valence electrons. The van der Waals surface area contributed by atoms with Gasteiger partial charge < -0.3 is 10.6 Å². The van der Waals surface area contributed by atoms with Gasteiger partial charge in [-0.2, -0.15) is 0 Å². The SMILES string of the molecule is CCCCC/C=C\C/C=C\CCCCCCCC(=O)NCCCC[C@@H](C)NC(=O)CCCCCCC/C=C\C/C=C\CCCCC. The highest BCUT2D eigenvalue weighted by molar-refractivity contribution is 5.76. The van der Waals surface area contributed by atoms with Gasteiger partial charge in [-0.15, -0.1) is 0 Å². The Morgan fingerprint density at radius 3 is 1.37 bits per heavy atom. The molecule has 0 rings (SSSR count). The fraction of sp³-hybridized carbons (Fsp3) is 0.762. The lowest BCUT2D eigenvalue weighted by molar-refractivity contribution is -0.122. The van der Waals surface area contributed by atoms with E-state index in [1.807, 2.05) is 0 Å². The third-order valence-corrected chi connectivity index (χ3v) is 8.50. The van der Waals surface area contributed by atoms with Crippen molar-refractivity contribution >= 4 is 11.8 Å². The van der Waals surface area contributed by atoms with Crippen molar-refractivity contribution in [3.8, 4) is 0 Å². The van der Waals surface area contributed by atoms with Crippen LogP contribution in [0.2, 0.25) is 0 Å². The summed E-state index contributed by atoms with van der Waals surface area (Å²) < 4.78 is 0. The van der Waals surface area contributed by atoms with Crippen LogP contribution < -0.4 is 10.6 Å². The Morgan fingerprint density at radius 2 is 0.891 bits per heavy atom. The Balaban J connectivity index is 3.48. The lowest BCUT2D eigenvalue weighted by Crippen LogP contribution is -2.32. The molecular formula is C42H76N2O2. The van der Waals surface area contributed by atoms with Crippen molar-refractivity contribution in [1.82, 2.24) is 10.6 Å². The maximum Gasteiger partial charge on any atom is 0.220 e. The molecule has 0 heterocycles. The van der Waals surface area contributed by atoms with Crippen molar-refractivity contribution in [3.05, 3.63) is 48.6 Å². The van der Waals surface area contributed by atoms with Crippen LogP contribution >= 0.6 is 0 Å². The van der Waals surface area contributed by atoms with Crippen LogP contribution in [0.4, 0.5) is 0 Å². The van der Waals surface area contributed by atoms with Crippen LogP contribution in [0.1, 0.15) is 194 Å². The van der Waals surface area contributed by atoms with Gasteiger partial charge in [-0.3, -0.25) is 9.59 Å². The number of hydrogen-bond donors (Lipinski definition) is 2. The van der Waals surface area contributed by atoms with Crippen molar-refractivity contribution in [3.63, 3.8) is 0 Å². The molecular weight excluding hydrogens is 564 g/mol. The van der Waals surface area contributed by atoms with Gasteiger partial charge >= 0.3 is 0 Å². The molecule has 0 radical (unpaired) electrons. The monoisotopic (exact) mass is 641 g/mol. The second-order valence-electron chi connectivity index (χ2n) is 13.3. The molecule has 46 heavy (non-hydrogen) atoms. The highest BCUT2D eigenvalue weighted by Gasteiger charge is 2.07. The number of allylic oxidation sites excluding steroid dienone is 8. The fourth-order valence-electron chi connectivity index (χ4n) is 5.50. The Kier molecular flexibility index (Phi) is 35.7. The van der Waals surface area contributed by atoms with Gasteiger partial charge in [0.25, 0.3) is 0 Å². The lowest BCUT2D eigenvalue weighted by Gasteiger charge is -2.14. The van der Waals surface area contributed by atoms with Gasteiger partial charge in [0.05, 0.1) is 0 Å². The first-order valence-electron chi connectivity index (χ1n) is 19.8. The highest BCUT2D eigenvalue weighted by Crippen LogP contribution is 2.10. The second kappa shape index (κ2) is 37.4. The number of unbranched alkanes of at least 4 members (excludes halogenated alkanes) is 17. The first-order chi connectivity index (χ1) is 22.6. The van der Waals surface area contributed by atoms with Crippen LogP contribution in [0.5, 0.6) is 0 Å². The fourth-order valence-corrected chi connectivity index (χ4v) is 5.50. The van der Waals surface area contributed by atoms with E-state index in [1.54, 1.807) is 0 Å². The number of amides is 2. The molecule has 0 saturated carbocycles. The lowest BCUT2D eigenvalue weighted by atomic mass is 10.1. The molecule has 0 aliphatic carbocycles. The molecule has 0 aliphatic rings. The molecule has 0 aromatic carbocycles. The summed E-state index contributed by atoms with van der Waals surface area (Å²) in [5.41, 5.74) is 0. The summed E-state index contributed by atoms with van der Waals surface area (Å²) in [4.78, 5) is 24.4. The van der Waals surface area contributed by atoms with Crippen LogP contribution in [0, 0.1) is 0 Å². The van der Waals surface area contributed by atoms with E-state index >= 15 is 0 Å². The molecule has 0 spiro atoms. The van der Waals surface area contributed by atoms with Gasteiger partial charge in [0.1, 0.15) is 0 Å². The molecule has 0 fully saturated rings. The number of carbonyl (C=O) groups excluding carboxylic acids is 2. The quantitative estimate of drug-likeness (QED) is 0.0543. The van der Waals surface area contributed by atoms with E-state index in [9.17, 15) is 9.59 Å². The maximum absolute atomic E-state index is 12.3. The third kappa shape index (κ3) is 36.4. The van der Waals surface area contributed by atoms with Crippen molar-refractivity contribution in [2.24, 2.45) is 0 Å². The largest absolute Gasteiger partial charge is 0.356 e. The predicted octanol–water partition coefficient (Wildman–Crippen LogP) is 12.4. The minimum atomic E-state index is 0.184. The van der Waals surface area contributed by atoms with Crippen LogP contribution in [0.15, 0.2) is 48.6 Å². The first-order valence-corrected chi connectivity index (χ1v) is 19.8. The molecule has 4 nitrogen and oxygen atoms in total. The molecule has 0 unspecified atom stereocenters. The highest BCUT2D eigenvalue weighted by atomic mass is 16.2. The predicted molar refractivity (Wildman–Crippen MR) is 203 cm³/mol. The molecule has 0 bridgehead atoms. The minimum Gasteiger partial charge on any atom is -0.356 e. The van der Waals surface area contributed by atoms with Gasteiger partial charge in [0.2, 0.25) is 11.8 Å². The average molecular weight is 641 g/mol. The van der Waals surface area contributed by atoms with Crippen LogP contribution in [-0.2, 0) is 9.59 Å². The first kappa shape index (κ1) is 43.9.